The van der Waals surface area contributed by atoms with E-state index in [1.807, 2.05) is 0 Å². The highest BCUT2D eigenvalue weighted by atomic mass is 35.5. The summed E-state index contributed by atoms with van der Waals surface area (Å²) in [5, 5.41) is 0.598. The monoisotopic (exact) mass is 308 g/mol. The molecule has 2 rings (SSSR count). The molecule has 0 aliphatic carbocycles. The number of ether oxygens (including phenoxy) is 1. The lowest BCUT2D eigenvalue weighted by atomic mass is 10.1. The molecule has 20 heavy (non-hydrogen) atoms. The first-order valence-corrected chi connectivity index (χ1v) is 7.61. The van der Waals surface area contributed by atoms with Crippen molar-refractivity contribution in [3.63, 3.8) is 0 Å². The number of esters is 1. The van der Waals surface area contributed by atoms with E-state index in [2.05, 4.69) is 0 Å². The van der Waals surface area contributed by atoms with Gasteiger partial charge in [-0.15, -0.1) is 0 Å². The highest BCUT2D eigenvalue weighted by molar-refractivity contribution is 7.84. The van der Waals surface area contributed by atoms with Crippen LogP contribution in [-0.2, 0) is 21.3 Å². The molecule has 0 fully saturated rings. The Morgan fingerprint density at radius 3 is 2.45 bits per heavy atom. The van der Waals surface area contributed by atoms with Crippen LogP contribution in [-0.4, -0.2) is 17.3 Å². The Morgan fingerprint density at radius 1 is 1.15 bits per heavy atom. The number of benzene rings is 2. The average Bonchev–Trinajstić information content (AvgIpc) is 2.47. The maximum Gasteiger partial charge on any atom is 0.338 e. The van der Waals surface area contributed by atoms with Crippen molar-refractivity contribution in [1.82, 2.24) is 0 Å². The summed E-state index contributed by atoms with van der Waals surface area (Å²) in [5.41, 5.74) is 1.14. The van der Waals surface area contributed by atoms with Crippen LogP contribution in [0.1, 0.15) is 15.9 Å². The first-order valence-electron chi connectivity index (χ1n) is 5.92. The fraction of sp³-hybridized carbons (Fsp3) is 0.133. The predicted molar refractivity (Wildman–Crippen MR) is 79.3 cm³/mol. The van der Waals surface area contributed by atoms with E-state index in [9.17, 15) is 9.00 Å². The second-order valence-electron chi connectivity index (χ2n) is 4.09. The van der Waals surface area contributed by atoms with Crippen molar-refractivity contribution in [2.24, 2.45) is 0 Å². The van der Waals surface area contributed by atoms with E-state index in [4.69, 9.17) is 16.3 Å². The van der Waals surface area contributed by atoms with Crippen molar-refractivity contribution < 1.29 is 13.7 Å². The van der Waals surface area contributed by atoms with Gasteiger partial charge in [-0.1, -0.05) is 29.8 Å². The number of carbonyl (C=O) groups is 1. The molecule has 3 nitrogen and oxygen atoms in total. The highest BCUT2D eigenvalue weighted by Crippen LogP contribution is 2.18. The minimum Gasteiger partial charge on any atom is -0.465 e. The Kier molecular flexibility index (Phi) is 4.93. The van der Waals surface area contributed by atoms with Gasteiger partial charge >= 0.3 is 5.97 Å². The van der Waals surface area contributed by atoms with Crippen molar-refractivity contribution in [2.75, 3.05) is 7.11 Å². The maximum atomic E-state index is 12.3. The van der Waals surface area contributed by atoms with Crippen molar-refractivity contribution in [2.45, 2.75) is 10.6 Å². The van der Waals surface area contributed by atoms with Crippen LogP contribution in [0.3, 0.4) is 0 Å². The third-order valence-electron chi connectivity index (χ3n) is 2.79. The van der Waals surface area contributed by atoms with E-state index >= 15 is 0 Å². The lowest BCUT2D eigenvalue weighted by Crippen LogP contribution is -2.07. The molecule has 2 aromatic carbocycles. The molecule has 0 saturated heterocycles. The lowest BCUT2D eigenvalue weighted by molar-refractivity contribution is 0.0600. The van der Waals surface area contributed by atoms with Gasteiger partial charge in [0.25, 0.3) is 0 Å². The summed E-state index contributed by atoms with van der Waals surface area (Å²) in [7, 11) is 0.0908. The Morgan fingerprint density at radius 2 is 1.80 bits per heavy atom. The standard InChI is InChI=1S/C15H13ClO3S/c1-19-15(17)14-5-3-2-4-11(14)10-20(18)13-8-6-12(16)7-9-13/h2-9H,10H2,1H3. The zero-order chi connectivity index (χ0) is 14.5. The van der Waals surface area contributed by atoms with E-state index in [1.54, 1.807) is 48.5 Å². The largest absolute Gasteiger partial charge is 0.465 e. The molecular formula is C15H13ClO3S. The molecule has 0 saturated carbocycles. The van der Waals surface area contributed by atoms with E-state index in [-0.39, 0.29) is 5.75 Å². The summed E-state index contributed by atoms with van der Waals surface area (Å²) in [5.74, 6) is -0.166. The van der Waals surface area contributed by atoms with E-state index in [0.717, 1.165) is 0 Å². The van der Waals surface area contributed by atoms with Gasteiger partial charge in [0.1, 0.15) is 0 Å². The van der Waals surface area contributed by atoms with Crippen LogP contribution in [0.15, 0.2) is 53.4 Å². The Labute approximate surface area is 125 Å². The number of halogens is 1. The molecule has 104 valence electrons. The maximum absolute atomic E-state index is 12.3. The minimum atomic E-state index is -1.24. The molecule has 0 spiro atoms. The summed E-state index contributed by atoms with van der Waals surface area (Å²) >= 11 is 5.80. The molecule has 0 amide bonds. The van der Waals surface area contributed by atoms with Crippen LogP contribution in [0, 0.1) is 0 Å². The lowest BCUT2D eigenvalue weighted by Gasteiger charge is -2.07. The smallest absolute Gasteiger partial charge is 0.338 e. The van der Waals surface area contributed by atoms with Gasteiger partial charge in [-0.2, -0.15) is 0 Å². The molecule has 0 aromatic heterocycles. The van der Waals surface area contributed by atoms with Gasteiger partial charge in [0.15, 0.2) is 0 Å². The summed E-state index contributed by atoms with van der Waals surface area (Å²) in [6.07, 6.45) is 0. The number of carbonyl (C=O) groups excluding carboxylic acids is 1. The molecule has 1 unspecified atom stereocenters. The van der Waals surface area contributed by atoms with Crippen molar-refractivity contribution >= 4 is 28.4 Å². The third-order valence-corrected chi connectivity index (χ3v) is 4.41. The summed E-state index contributed by atoms with van der Waals surface area (Å²) in [6, 6.07) is 13.8. The SMILES string of the molecule is COC(=O)c1ccccc1CS(=O)c1ccc(Cl)cc1. The number of methoxy groups -OCH3 is 1. The van der Waals surface area contributed by atoms with Gasteiger partial charge in [0.05, 0.1) is 29.2 Å². The quantitative estimate of drug-likeness (QED) is 0.813. The molecule has 0 radical (unpaired) electrons. The first kappa shape index (κ1) is 14.8. The Balaban J connectivity index is 2.24. The number of hydrogen-bond donors (Lipinski definition) is 0. The average molecular weight is 309 g/mol. The predicted octanol–water partition coefficient (Wildman–Crippen LogP) is 3.43. The normalized spacial score (nSPS) is 11.9. The van der Waals surface area contributed by atoms with Crippen LogP contribution >= 0.6 is 11.6 Å². The highest BCUT2D eigenvalue weighted by Gasteiger charge is 2.14. The molecule has 5 heteroatoms. The fourth-order valence-electron chi connectivity index (χ4n) is 1.77. The van der Waals surface area contributed by atoms with Crippen molar-refractivity contribution in [1.29, 1.82) is 0 Å². The van der Waals surface area contributed by atoms with Crippen molar-refractivity contribution in [3.8, 4) is 0 Å². The van der Waals surface area contributed by atoms with Crippen LogP contribution in [0.25, 0.3) is 0 Å². The molecule has 0 N–H and O–H groups in total. The molecule has 2 aromatic rings. The van der Waals surface area contributed by atoms with Crippen LogP contribution in [0.5, 0.6) is 0 Å². The molecule has 0 heterocycles. The fourth-order valence-corrected chi connectivity index (χ4v) is 3.03. The third kappa shape index (κ3) is 3.46. The Bertz CT molecular complexity index is 638. The zero-order valence-corrected chi connectivity index (χ0v) is 12.4. The van der Waals surface area contributed by atoms with Crippen molar-refractivity contribution in [3.05, 3.63) is 64.7 Å². The molecular weight excluding hydrogens is 296 g/mol. The number of hydrogen-bond acceptors (Lipinski definition) is 3. The van der Waals surface area contributed by atoms with Crippen LogP contribution < -0.4 is 0 Å². The molecule has 0 bridgehead atoms. The second-order valence-corrected chi connectivity index (χ2v) is 5.98. The summed E-state index contributed by atoms with van der Waals surface area (Å²) < 4.78 is 17.0. The van der Waals surface area contributed by atoms with Crippen LogP contribution in [0.2, 0.25) is 5.02 Å². The summed E-state index contributed by atoms with van der Waals surface area (Å²) in [6.45, 7) is 0. The van der Waals surface area contributed by atoms with Gasteiger partial charge in [-0.05, 0) is 35.9 Å². The molecule has 0 aliphatic rings. The number of rotatable bonds is 4. The van der Waals surface area contributed by atoms with E-state index < -0.39 is 16.8 Å². The van der Waals surface area contributed by atoms with Gasteiger partial charge in [0, 0.05) is 9.92 Å². The second kappa shape index (κ2) is 6.68. The van der Waals surface area contributed by atoms with Crippen LogP contribution in [0.4, 0.5) is 0 Å². The van der Waals surface area contributed by atoms with E-state index in [1.165, 1.54) is 7.11 Å². The zero-order valence-electron chi connectivity index (χ0n) is 10.8. The van der Waals surface area contributed by atoms with Gasteiger partial charge in [0.2, 0.25) is 0 Å². The van der Waals surface area contributed by atoms with Gasteiger partial charge in [-0.25, -0.2) is 4.79 Å². The Hall–Kier alpha value is -1.65. The summed E-state index contributed by atoms with van der Waals surface area (Å²) in [4.78, 5) is 12.3. The minimum absolute atomic E-state index is 0.257. The first-order chi connectivity index (χ1) is 9.61. The van der Waals surface area contributed by atoms with Gasteiger partial charge < -0.3 is 4.74 Å². The topological polar surface area (TPSA) is 43.4 Å². The molecule has 0 aliphatic heterocycles. The van der Waals surface area contributed by atoms with Gasteiger partial charge in [-0.3, -0.25) is 4.21 Å². The van der Waals surface area contributed by atoms with E-state index in [0.29, 0.717) is 21.0 Å². The molecule has 1 atom stereocenters.